The summed E-state index contributed by atoms with van der Waals surface area (Å²) >= 11 is 3.34. The maximum atomic E-state index is 11.0. The Morgan fingerprint density at radius 2 is 2.36 bits per heavy atom. The SMILES string of the molecule is NOCC(=O)NCc1cccc(Br)c1. The summed E-state index contributed by atoms with van der Waals surface area (Å²) in [5.41, 5.74) is 1.02. The molecule has 3 N–H and O–H groups in total. The Hall–Kier alpha value is -0.910. The minimum absolute atomic E-state index is 0.117. The largest absolute Gasteiger partial charge is 0.350 e. The van der Waals surface area contributed by atoms with Crippen LogP contribution in [-0.2, 0) is 16.2 Å². The predicted molar refractivity (Wildman–Crippen MR) is 56.1 cm³/mol. The first-order chi connectivity index (χ1) is 6.72. The van der Waals surface area contributed by atoms with Crippen LogP contribution in [0.4, 0.5) is 0 Å². The summed E-state index contributed by atoms with van der Waals surface area (Å²) in [6.45, 7) is 0.357. The van der Waals surface area contributed by atoms with Crippen molar-refractivity contribution in [2.24, 2.45) is 5.90 Å². The second kappa shape index (κ2) is 5.74. The van der Waals surface area contributed by atoms with Crippen LogP contribution in [0.2, 0.25) is 0 Å². The number of carbonyl (C=O) groups is 1. The minimum atomic E-state index is -0.229. The van der Waals surface area contributed by atoms with Gasteiger partial charge in [-0.1, -0.05) is 28.1 Å². The highest BCUT2D eigenvalue weighted by Crippen LogP contribution is 2.11. The summed E-state index contributed by atoms with van der Waals surface area (Å²) in [7, 11) is 0. The molecule has 0 aromatic heterocycles. The van der Waals surface area contributed by atoms with Crippen LogP contribution < -0.4 is 11.2 Å². The number of hydrogen-bond acceptors (Lipinski definition) is 3. The van der Waals surface area contributed by atoms with Gasteiger partial charge in [-0.2, -0.15) is 0 Å². The molecule has 1 rings (SSSR count). The van der Waals surface area contributed by atoms with E-state index >= 15 is 0 Å². The molecule has 0 aliphatic heterocycles. The number of nitrogens with one attached hydrogen (secondary N) is 1. The summed E-state index contributed by atoms with van der Waals surface area (Å²) in [5, 5.41) is 2.66. The Bertz CT molecular complexity index is 317. The Morgan fingerprint density at radius 3 is 3.00 bits per heavy atom. The normalized spacial score (nSPS) is 9.86. The van der Waals surface area contributed by atoms with Gasteiger partial charge in [0.15, 0.2) is 0 Å². The molecular formula is C9H11BrN2O2. The number of rotatable bonds is 4. The van der Waals surface area contributed by atoms with Gasteiger partial charge in [-0.05, 0) is 17.7 Å². The average Bonchev–Trinajstić information content (AvgIpc) is 2.15. The first kappa shape index (κ1) is 11.2. The maximum Gasteiger partial charge on any atom is 0.248 e. The summed E-state index contributed by atoms with van der Waals surface area (Å²) < 4.78 is 0.985. The van der Waals surface area contributed by atoms with E-state index in [1.54, 1.807) is 0 Å². The van der Waals surface area contributed by atoms with Gasteiger partial charge >= 0.3 is 0 Å². The summed E-state index contributed by atoms with van der Waals surface area (Å²) in [6.07, 6.45) is 0. The summed E-state index contributed by atoms with van der Waals surface area (Å²) in [5.74, 6) is 4.52. The maximum absolute atomic E-state index is 11.0. The summed E-state index contributed by atoms with van der Waals surface area (Å²) in [6, 6.07) is 7.69. The first-order valence-electron chi connectivity index (χ1n) is 4.05. The Morgan fingerprint density at radius 1 is 1.57 bits per heavy atom. The van der Waals surface area contributed by atoms with Crippen molar-refractivity contribution in [2.75, 3.05) is 6.61 Å². The van der Waals surface area contributed by atoms with Crippen LogP contribution in [0.5, 0.6) is 0 Å². The van der Waals surface area contributed by atoms with E-state index in [2.05, 4.69) is 26.1 Å². The molecule has 0 saturated heterocycles. The first-order valence-corrected chi connectivity index (χ1v) is 4.84. The zero-order valence-corrected chi connectivity index (χ0v) is 9.08. The molecule has 0 bridgehead atoms. The fourth-order valence-corrected chi connectivity index (χ4v) is 1.42. The van der Waals surface area contributed by atoms with Gasteiger partial charge < -0.3 is 5.32 Å². The predicted octanol–water partition coefficient (Wildman–Crippen LogP) is 0.956. The lowest BCUT2D eigenvalue weighted by molar-refractivity contribution is -0.125. The van der Waals surface area contributed by atoms with Gasteiger partial charge in [-0.3, -0.25) is 9.63 Å². The molecule has 1 aromatic rings. The molecule has 0 atom stereocenters. The van der Waals surface area contributed by atoms with Crippen molar-refractivity contribution in [2.45, 2.75) is 6.54 Å². The fourth-order valence-electron chi connectivity index (χ4n) is 0.974. The molecule has 5 heteroatoms. The minimum Gasteiger partial charge on any atom is -0.350 e. The van der Waals surface area contributed by atoms with E-state index < -0.39 is 0 Å². The third kappa shape index (κ3) is 3.87. The zero-order valence-electron chi connectivity index (χ0n) is 7.50. The molecule has 1 amide bonds. The molecule has 76 valence electrons. The standard InChI is InChI=1S/C9H11BrN2O2/c10-8-3-1-2-7(4-8)5-12-9(13)6-14-11/h1-4H,5-6,11H2,(H,12,13). The number of hydrogen-bond donors (Lipinski definition) is 2. The van der Waals surface area contributed by atoms with Crippen LogP contribution in [0.15, 0.2) is 28.7 Å². The van der Waals surface area contributed by atoms with Crippen molar-refractivity contribution in [3.05, 3.63) is 34.3 Å². The van der Waals surface area contributed by atoms with Gasteiger partial charge in [0.25, 0.3) is 0 Å². The van der Waals surface area contributed by atoms with Crippen LogP contribution in [0.1, 0.15) is 5.56 Å². The Labute approximate surface area is 90.5 Å². The highest BCUT2D eigenvalue weighted by molar-refractivity contribution is 9.10. The quantitative estimate of drug-likeness (QED) is 0.791. The highest BCUT2D eigenvalue weighted by atomic mass is 79.9. The van der Waals surface area contributed by atoms with Gasteiger partial charge in [-0.15, -0.1) is 0 Å². The van der Waals surface area contributed by atoms with Gasteiger partial charge in [0.1, 0.15) is 6.61 Å². The third-order valence-electron chi connectivity index (χ3n) is 1.59. The van der Waals surface area contributed by atoms with Crippen LogP contribution in [0.25, 0.3) is 0 Å². The van der Waals surface area contributed by atoms with Crippen LogP contribution in [0, 0.1) is 0 Å². The molecular weight excluding hydrogens is 248 g/mol. The van der Waals surface area contributed by atoms with Gasteiger partial charge in [0.2, 0.25) is 5.91 Å². The van der Waals surface area contributed by atoms with Crippen molar-refractivity contribution in [1.29, 1.82) is 0 Å². The number of nitrogens with two attached hydrogens (primary N) is 1. The average molecular weight is 259 g/mol. The molecule has 0 spiro atoms. The van der Waals surface area contributed by atoms with E-state index in [0.717, 1.165) is 10.0 Å². The van der Waals surface area contributed by atoms with Crippen LogP contribution >= 0.6 is 15.9 Å². The summed E-state index contributed by atoms with van der Waals surface area (Å²) in [4.78, 5) is 15.2. The molecule has 0 saturated carbocycles. The van der Waals surface area contributed by atoms with E-state index in [9.17, 15) is 4.79 Å². The van der Waals surface area contributed by atoms with Crippen molar-refractivity contribution in [3.63, 3.8) is 0 Å². The van der Waals surface area contributed by atoms with E-state index in [-0.39, 0.29) is 12.5 Å². The van der Waals surface area contributed by atoms with Crippen molar-refractivity contribution < 1.29 is 9.63 Å². The second-order valence-corrected chi connectivity index (χ2v) is 3.63. The molecule has 14 heavy (non-hydrogen) atoms. The number of carbonyl (C=O) groups excluding carboxylic acids is 1. The topological polar surface area (TPSA) is 64.3 Å². The fraction of sp³-hybridized carbons (Fsp3) is 0.222. The molecule has 0 unspecified atom stereocenters. The molecule has 0 aliphatic carbocycles. The number of amides is 1. The zero-order chi connectivity index (χ0) is 10.4. The number of halogens is 1. The number of benzene rings is 1. The lowest BCUT2D eigenvalue weighted by atomic mass is 10.2. The highest BCUT2D eigenvalue weighted by Gasteiger charge is 2.00. The molecule has 4 nitrogen and oxygen atoms in total. The smallest absolute Gasteiger partial charge is 0.248 e. The van der Waals surface area contributed by atoms with Gasteiger partial charge in [-0.25, -0.2) is 5.90 Å². The van der Waals surface area contributed by atoms with Crippen LogP contribution in [0.3, 0.4) is 0 Å². The van der Waals surface area contributed by atoms with E-state index in [1.807, 2.05) is 24.3 Å². The van der Waals surface area contributed by atoms with Crippen molar-refractivity contribution in [1.82, 2.24) is 5.32 Å². The van der Waals surface area contributed by atoms with Crippen molar-refractivity contribution in [3.8, 4) is 0 Å². The van der Waals surface area contributed by atoms with Crippen LogP contribution in [-0.4, -0.2) is 12.5 Å². The third-order valence-corrected chi connectivity index (χ3v) is 2.09. The molecule has 0 fully saturated rings. The van der Waals surface area contributed by atoms with E-state index in [1.165, 1.54) is 0 Å². The lowest BCUT2D eigenvalue weighted by Gasteiger charge is -2.04. The Balaban J connectivity index is 2.41. The van der Waals surface area contributed by atoms with Gasteiger partial charge in [0.05, 0.1) is 0 Å². The molecule has 0 aliphatic rings. The molecule has 1 aromatic carbocycles. The monoisotopic (exact) mass is 258 g/mol. The Kier molecular flexibility index (Phi) is 4.58. The molecule has 0 radical (unpaired) electrons. The van der Waals surface area contributed by atoms with E-state index in [0.29, 0.717) is 6.54 Å². The van der Waals surface area contributed by atoms with Gasteiger partial charge in [0, 0.05) is 11.0 Å². The molecule has 0 heterocycles. The van der Waals surface area contributed by atoms with E-state index in [4.69, 9.17) is 5.90 Å². The lowest BCUT2D eigenvalue weighted by Crippen LogP contribution is -2.28. The second-order valence-electron chi connectivity index (χ2n) is 2.72. The van der Waals surface area contributed by atoms with Crippen molar-refractivity contribution >= 4 is 21.8 Å².